The van der Waals surface area contributed by atoms with Gasteiger partial charge >= 0.3 is 0 Å². The van der Waals surface area contributed by atoms with Gasteiger partial charge in [0.25, 0.3) is 5.56 Å². The van der Waals surface area contributed by atoms with E-state index in [1.54, 1.807) is 22.8 Å². The lowest BCUT2D eigenvalue weighted by Gasteiger charge is -2.14. The number of fused-ring (bicyclic) bond motifs is 1. The van der Waals surface area contributed by atoms with Gasteiger partial charge in [-0.15, -0.1) is 0 Å². The van der Waals surface area contributed by atoms with Crippen LogP contribution in [0.5, 0.6) is 0 Å². The zero-order valence-electron chi connectivity index (χ0n) is 15.8. The van der Waals surface area contributed by atoms with Crippen LogP contribution in [0, 0.1) is 11.6 Å². The Kier molecular flexibility index (Phi) is 6.80. The number of hydrogen-bond donors (Lipinski definition) is 0. The Morgan fingerprint density at radius 1 is 1.18 bits per heavy atom. The molecule has 1 heterocycles. The molecule has 0 amide bonds. The Hall–Kier alpha value is -2.25. The molecule has 3 aromatic rings. The van der Waals surface area contributed by atoms with Gasteiger partial charge in [0.15, 0.2) is 5.16 Å². The second kappa shape index (κ2) is 9.30. The molecule has 0 aliphatic rings. The summed E-state index contributed by atoms with van der Waals surface area (Å²) in [4.78, 5) is 17.5. The Labute approximate surface area is 166 Å². The molecule has 0 aliphatic heterocycles. The molecule has 0 unspecified atom stereocenters. The molecule has 4 nitrogen and oxygen atoms in total. The standard InChI is InChI=1S/C21H22F2N2O2S/c1-14(2)27-11-5-10-25-20(26)17-6-3-4-7-19(17)24-21(25)28-13-15-12-16(22)8-9-18(15)23/h3-4,6-9,12,14H,5,10-11,13H2,1-2H3. The molecular formula is C21H22F2N2O2S. The number of ether oxygens (including phenoxy) is 1. The summed E-state index contributed by atoms with van der Waals surface area (Å²) in [6.45, 7) is 4.88. The van der Waals surface area contributed by atoms with E-state index < -0.39 is 11.6 Å². The lowest BCUT2D eigenvalue weighted by atomic mass is 10.2. The third kappa shape index (κ3) is 4.97. The number of hydrogen-bond acceptors (Lipinski definition) is 4. The first kappa shape index (κ1) is 20.5. The Morgan fingerprint density at radius 2 is 1.96 bits per heavy atom. The molecule has 0 saturated carbocycles. The fraction of sp³-hybridized carbons (Fsp3) is 0.333. The highest BCUT2D eigenvalue weighted by Gasteiger charge is 2.13. The highest BCUT2D eigenvalue weighted by Crippen LogP contribution is 2.24. The van der Waals surface area contributed by atoms with E-state index in [0.29, 0.717) is 35.6 Å². The third-order valence-electron chi connectivity index (χ3n) is 4.17. The van der Waals surface area contributed by atoms with E-state index in [-0.39, 0.29) is 23.0 Å². The minimum atomic E-state index is -0.494. The van der Waals surface area contributed by atoms with Crippen molar-refractivity contribution in [2.24, 2.45) is 0 Å². The molecule has 0 atom stereocenters. The van der Waals surface area contributed by atoms with Gasteiger partial charge in [-0.3, -0.25) is 9.36 Å². The Balaban J connectivity index is 1.89. The highest BCUT2D eigenvalue weighted by molar-refractivity contribution is 7.98. The van der Waals surface area contributed by atoms with E-state index in [1.165, 1.54) is 17.8 Å². The molecule has 1 aromatic heterocycles. The molecule has 0 aliphatic carbocycles. The number of para-hydroxylation sites is 1. The smallest absolute Gasteiger partial charge is 0.262 e. The van der Waals surface area contributed by atoms with Crippen LogP contribution in [0.3, 0.4) is 0 Å². The van der Waals surface area contributed by atoms with Gasteiger partial charge in [-0.2, -0.15) is 0 Å². The lowest BCUT2D eigenvalue weighted by Crippen LogP contribution is -2.24. The first-order valence-corrected chi connectivity index (χ1v) is 10.1. The predicted molar refractivity (Wildman–Crippen MR) is 108 cm³/mol. The Bertz CT molecular complexity index is 1020. The minimum absolute atomic E-state index is 0.122. The summed E-state index contributed by atoms with van der Waals surface area (Å²) in [6.07, 6.45) is 0.774. The summed E-state index contributed by atoms with van der Waals surface area (Å²) >= 11 is 1.22. The van der Waals surface area contributed by atoms with E-state index >= 15 is 0 Å². The second-order valence-corrected chi connectivity index (χ2v) is 7.61. The van der Waals surface area contributed by atoms with Crippen molar-refractivity contribution in [3.8, 4) is 0 Å². The number of rotatable bonds is 8. The van der Waals surface area contributed by atoms with Crippen molar-refractivity contribution in [1.82, 2.24) is 9.55 Å². The van der Waals surface area contributed by atoms with Gasteiger partial charge in [0.1, 0.15) is 11.6 Å². The highest BCUT2D eigenvalue weighted by atomic mass is 32.2. The maximum atomic E-state index is 13.9. The van der Waals surface area contributed by atoms with Crippen LogP contribution in [-0.4, -0.2) is 22.3 Å². The average molecular weight is 404 g/mol. The largest absolute Gasteiger partial charge is 0.379 e. The van der Waals surface area contributed by atoms with Crippen molar-refractivity contribution in [3.63, 3.8) is 0 Å². The molecule has 0 spiro atoms. The van der Waals surface area contributed by atoms with Crippen molar-refractivity contribution < 1.29 is 13.5 Å². The van der Waals surface area contributed by atoms with Crippen LogP contribution in [0.15, 0.2) is 52.4 Å². The quantitative estimate of drug-likeness (QED) is 0.308. The van der Waals surface area contributed by atoms with Crippen molar-refractivity contribution in [2.75, 3.05) is 6.61 Å². The molecule has 0 saturated heterocycles. The van der Waals surface area contributed by atoms with Crippen LogP contribution in [0.1, 0.15) is 25.8 Å². The third-order valence-corrected chi connectivity index (χ3v) is 5.19. The predicted octanol–water partition coefficient (Wildman–Crippen LogP) is 4.78. The maximum Gasteiger partial charge on any atom is 0.262 e. The molecule has 2 aromatic carbocycles. The number of halogens is 2. The van der Waals surface area contributed by atoms with E-state index in [9.17, 15) is 13.6 Å². The van der Waals surface area contributed by atoms with Gasteiger partial charge < -0.3 is 4.74 Å². The van der Waals surface area contributed by atoms with E-state index in [2.05, 4.69) is 4.98 Å². The fourth-order valence-electron chi connectivity index (χ4n) is 2.79. The number of thioether (sulfide) groups is 1. The lowest BCUT2D eigenvalue weighted by molar-refractivity contribution is 0.0743. The number of benzene rings is 2. The van der Waals surface area contributed by atoms with Crippen LogP contribution in [0.4, 0.5) is 8.78 Å². The van der Waals surface area contributed by atoms with Crippen LogP contribution >= 0.6 is 11.8 Å². The molecule has 0 N–H and O–H groups in total. The van der Waals surface area contributed by atoms with Gasteiger partial charge in [0, 0.05) is 24.5 Å². The zero-order valence-corrected chi connectivity index (χ0v) is 16.6. The van der Waals surface area contributed by atoms with Crippen molar-refractivity contribution in [2.45, 2.75) is 43.8 Å². The molecule has 7 heteroatoms. The minimum Gasteiger partial charge on any atom is -0.379 e. The van der Waals surface area contributed by atoms with Gasteiger partial charge in [0.05, 0.1) is 17.0 Å². The van der Waals surface area contributed by atoms with Crippen molar-refractivity contribution in [3.05, 3.63) is 70.0 Å². The van der Waals surface area contributed by atoms with Crippen molar-refractivity contribution >= 4 is 22.7 Å². The summed E-state index contributed by atoms with van der Waals surface area (Å²) in [5.41, 5.74) is 0.684. The summed E-state index contributed by atoms with van der Waals surface area (Å²) in [5, 5.41) is 1.02. The summed E-state index contributed by atoms with van der Waals surface area (Å²) < 4.78 is 34.5. The van der Waals surface area contributed by atoms with E-state index in [0.717, 1.165) is 12.1 Å². The molecule has 28 heavy (non-hydrogen) atoms. The molecule has 0 radical (unpaired) electrons. The normalized spacial score (nSPS) is 11.5. The van der Waals surface area contributed by atoms with Crippen LogP contribution in [0.2, 0.25) is 0 Å². The summed E-state index contributed by atoms with van der Waals surface area (Å²) in [7, 11) is 0. The first-order chi connectivity index (χ1) is 13.5. The van der Waals surface area contributed by atoms with E-state index in [1.807, 2.05) is 19.9 Å². The monoisotopic (exact) mass is 404 g/mol. The average Bonchev–Trinajstić information content (AvgIpc) is 2.67. The molecule has 0 fully saturated rings. The van der Waals surface area contributed by atoms with Crippen LogP contribution in [0.25, 0.3) is 10.9 Å². The van der Waals surface area contributed by atoms with E-state index in [4.69, 9.17) is 4.74 Å². The maximum absolute atomic E-state index is 13.9. The zero-order chi connectivity index (χ0) is 20.1. The summed E-state index contributed by atoms with van der Waals surface area (Å²) in [5.74, 6) is -0.794. The molecular weight excluding hydrogens is 382 g/mol. The van der Waals surface area contributed by atoms with Crippen LogP contribution < -0.4 is 5.56 Å². The molecule has 148 valence electrons. The van der Waals surface area contributed by atoms with Gasteiger partial charge in [-0.1, -0.05) is 23.9 Å². The molecule has 3 rings (SSSR count). The van der Waals surface area contributed by atoms with Gasteiger partial charge in [-0.05, 0) is 50.6 Å². The molecule has 0 bridgehead atoms. The van der Waals surface area contributed by atoms with Gasteiger partial charge in [-0.25, -0.2) is 13.8 Å². The van der Waals surface area contributed by atoms with Crippen molar-refractivity contribution in [1.29, 1.82) is 0 Å². The first-order valence-electron chi connectivity index (χ1n) is 9.13. The summed E-state index contributed by atoms with van der Waals surface area (Å²) in [6, 6.07) is 10.5. The van der Waals surface area contributed by atoms with Gasteiger partial charge in [0.2, 0.25) is 0 Å². The number of aromatic nitrogens is 2. The number of nitrogens with zero attached hydrogens (tertiary/aromatic N) is 2. The Morgan fingerprint density at radius 3 is 2.75 bits per heavy atom. The SMILES string of the molecule is CC(C)OCCCn1c(SCc2cc(F)ccc2F)nc2ccccc2c1=O. The topological polar surface area (TPSA) is 44.1 Å². The fourth-order valence-corrected chi connectivity index (χ4v) is 3.79. The van der Waals surface area contributed by atoms with Crippen LogP contribution in [-0.2, 0) is 17.0 Å². The second-order valence-electron chi connectivity index (χ2n) is 6.67.